The monoisotopic (exact) mass is 202 g/mol. The van der Waals surface area contributed by atoms with E-state index < -0.39 is 0 Å². The minimum atomic E-state index is -0.0521. The molecule has 1 atom stereocenters. The van der Waals surface area contributed by atoms with Crippen molar-refractivity contribution in [2.24, 2.45) is 5.92 Å². The van der Waals surface area contributed by atoms with Gasteiger partial charge in [0.15, 0.2) is 5.78 Å². The molecule has 2 nitrogen and oxygen atoms in total. The molecule has 2 rings (SSSR count). The van der Waals surface area contributed by atoms with E-state index in [1.807, 2.05) is 37.3 Å². The molecule has 1 unspecified atom stereocenters. The molecule has 0 spiro atoms. The quantitative estimate of drug-likeness (QED) is 0.800. The molecular formula is C13H14O2. The third-order valence-corrected chi connectivity index (χ3v) is 2.82. The highest BCUT2D eigenvalue weighted by atomic mass is 16.3. The van der Waals surface area contributed by atoms with Gasteiger partial charge in [-0.25, -0.2) is 0 Å². The maximum absolute atomic E-state index is 11.7. The molecule has 0 saturated heterocycles. The third-order valence-electron chi connectivity index (χ3n) is 2.82. The SMILES string of the molecule is CC1CC(O)=C(Cc2ccccc2)C1=O. The summed E-state index contributed by atoms with van der Waals surface area (Å²) in [7, 11) is 0. The van der Waals surface area contributed by atoms with Crippen molar-refractivity contribution in [3.63, 3.8) is 0 Å². The van der Waals surface area contributed by atoms with Crippen LogP contribution in [0.3, 0.4) is 0 Å². The predicted octanol–water partition coefficient (Wildman–Crippen LogP) is 2.65. The Hall–Kier alpha value is -1.57. The molecule has 0 bridgehead atoms. The van der Waals surface area contributed by atoms with E-state index in [9.17, 15) is 9.90 Å². The van der Waals surface area contributed by atoms with Crippen LogP contribution in [0.25, 0.3) is 0 Å². The Morgan fingerprint density at radius 3 is 2.53 bits per heavy atom. The minimum Gasteiger partial charge on any atom is -0.512 e. The summed E-state index contributed by atoms with van der Waals surface area (Å²) in [6.07, 6.45) is 1.05. The van der Waals surface area contributed by atoms with Crippen molar-refractivity contribution in [2.45, 2.75) is 19.8 Å². The van der Waals surface area contributed by atoms with Crippen LogP contribution in [0.4, 0.5) is 0 Å². The fourth-order valence-electron chi connectivity index (χ4n) is 1.93. The molecule has 0 radical (unpaired) electrons. The van der Waals surface area contributed by atoms with Crippen LogP contribution < -0.4 is 0 Å². The number of hydrogen-bond donors (Lipinski definition) is 1. The largest absolute Gasteiger partial charge is 0.512 e. The minimum absolute atomic E-state index is 0.0521. The van der Waals surface area contributed by atoms with Crippen molar-refractivity contribution in [1.29, 1.82) is 0 Å². The molecule has 0 aromatic heterocycles. The van der Waals surface area contributed by atoms with E-state index in [4.69, 9.17) is 0 Å². The molecule has 1 aliphatic rings. The van der Waals surface area contributed by atoms with E-state index in [1.54, 1.807) is 0 Å². The lowest BCUT2D eigenvalue weighted by Crippen LogP contribution is -2.07. The first-order chi connectivity index (χ1) is 7.18. The summed E-state index contributed by atoms with van der Waals surface area (Å²) < 4.78 is 0. The van der Waals surface area contributed by atoms with Crippen LogP contribution in [-0.4, -0.2) is 10.9 Å². The topological polar surface area (TPSA) is 37.3 Å². The number of carbonyl (C=O) groups is 1. The first-order valence-electron chi connectivity index (χ1n) is 5.17. The molecule has 0 fully saturated rings. The highest BCUT2D eigenvalue weighted by molar-refractivity contribution is 6.00. The van der Waals surface area contributed by atoms with Gasteiger partial charge >= 0.3 is 0 Å². The van der Waals surface area contributed by atoms with Crippen molar-refractivity contribution in [1.82, 2.24) is 0 Å². The second-order valence-corrected chi connectivity index (χ2v) is 4.06. The molecule has 15 heavy (non-hydrogen) atoms. The summed E-state index contributed by atoms with van der Waals surface area (Å²) in [6, 6.07) is 9.76. The van der Waals surface area contributed by atoms with Crippen LogP contribution in [0.15, 0.2) is 41.7 Å². The molecule has 0 heterocycles. The smallest absolute Gasteiger partial charge is 0.165 e. The van der Waals surface area contributed by atoms with Gasteiger partial charge in [-0.15, -0.1) is 0 Å². The fraction of sp³-hybridized carbons (Fsp3) is 0.308. The second kappa shape index (κ2) is 3.89. The van der Waals surface area contributed by atoms with E-state index in [2.05, 4.69) is 0 Å². The second-order valence-electron chi connectivity index (χ2n) is 4.06. The Balaban J connectivity index is 2.20. The van der Waals surface area contributed by atoms with Gasteiger partial charge in [0.1, 0.15) is 5.76 Å². The molecule has 0 amide bonds. The summed E-state index contributed by atoms with van der Waals surface area (Å²) >= 11 is 0. The van der Waals surface area contributed by atoms with Gasteiger partial charge in [0.25, 0.3) is 0 Å². The Morgan fingerprint density at radius 2 is 2.00 bits per heavy atom. The van der Waals surface area contributed by atoms with E-state index >= 15 is 0 Å². The highest BCUT2D eigenvalue weighted by Gasteiger charge is 2.29. The molecule has 1 aliphatic carbocycles. The normalized spacial score (nSPS) is 21.1. The van der Waals surface area contributed by atoms with E-state index in [-0.39, 0.29) is 17.5 Å². The number of aliphatic hydroxyl groups excluding tert-OH is 1. The van der Waals surface area contributed by atoms with Crippen LogP contribution in [0.5, 0.6) is 0 Å². The van der Waals surface area contributed by atoms with Crippen molar-refractivity contribution >= 4 is 5.78 Å². The molecule has 2 heteroatoms. The Bertz CT molecular complexity index is 404. The van der Waals surface area contributed by atoms with E-state index in [1.165, 1.54) is 0 Å². The van der Waals surface area contributed by atoms with Crippen LogP contribution in [0.1, 0.15) is 18.9 Å². The summed E-state index contributed by atoms with van der Waals surface area (Å²) in [5.41, 5.74) is 1.66. The molecule has 0 aliphatic heterocycles. The van der Waals surface area contributed by atoms with Crippen molar-refractivity contribution in [3.05, 3.63) is 47.2 Å². The summed E-state index contributed by atoms with van der Waals surface area (Å²) in [4.78, 5) is 11.7. The first kappa shape index (κ1) is 9.97. The van der Waals surface area contributed by atoms with Gasteiger partial charge in [0.2, 0.25) is 0 Å². The van der Waals surface area contributed by atoms with Gasteiger partial charge in [0, 0.05) is 24.3 Å². The molecule has 1 aromatic rings. The van der Waals surface area contributed by atoms with Crippen molar-refractivity contribution < 1.29 is 9.90 Å². The molecule has 1 N–H and O–H groups in total. The zero-order chi connectivity index (χ0) is 10.8. The van der Waals surface area contributed by atoms with Gasteiger partial charge < -0.3 is 5.11 Å². The number of benzene rings is 1. The van der Waals surface area contributed by atoms with Crippen LogP contribution >= 0.6 is 0 Å². The number of allylic oxidation sites excluding steroid dienone is 2. The maximum atomic E-state index is 11.7. The summed E-state index contributed by atoms with van der Waals surface area (Å²) in [5.74, 6) is 0.316. The van der Waals surface area contributed by atoms with Gasteiger partial charge in [-0.2, -0.15) is 0 Å². The predicted molar refractivity (Wildman–Crippen MR) is 58.6 cm³/mol. The van der Waals surface area contributed by atoms with E-state index in [0.29, 0.717) is 18.4 Å². The maximum Gasteiger partial charge on any atom is 0.165 e. The number of ketones is 1. The molecule has 78 valence electrons. The summed E-state index contributed by atoms with van der Waals surface area (Å²) in [6.45, 7) is 1.86. The molecule has 1 aromatic carbocycles. The number of hydrogen-bond acceptors (Lipinski definition) is 2. The number of carbonyl (C=O) groups excluding carboxylic acids is 1. The van der Waals surface area contributed by atoms with Crippen LogP contribution in [-0.2, 0) is 11.2 Å². The average molecular weight is 202 g/mol. The standard InChI is InChI=1S/C13H14O2/c1-9-7-12(14)11(13(9)15)8-10-5-3-2-4-6-10/h2-6,9,14H,7-8H2,1H3. The Kier molecular flexibility index (Phi) is 2.58. The average Bonchev–Trinajstić information content (AvgIpc) is 2.47. The Morgan fingerprint density at radius 1 is 1.33 bits per heavy atom. The number of aliphatic hydroxyl groups is 1. The number of rotatable bonds is 2. The summed E-state index contributed by atoms with van der Waals surface area (Å²) in [5, 5.41) is 9.65. The van der Waals surface area contributed by atoms with Gasteiger partial charge in [-0.05, 0) is 5.56 Å². The van der Waals surface area contributed by atoms with E-state index in [0.717, 1.165) is 5.56 Å². The lowest BCUT2D eigenvalue weighted by Gasteiger charge is -2.02. The Labute approximate surface area is 89.2 Å². The molecular weight excluding hydrogens is 188 g/mol. The van der Waals surface area contributed by atoms with Crippen LogP contribution in [0, 0.1) is 5.92 Å². The van der Waals surface area contributed by atoms with Gasteiger partial charge in [0.05, 0.1) is 0 Å². The van der Waals surface area contributed by atoms with Crippen molar-refractivity contribution in [2.75, 3.05) is 0 Å². The zero-order valence-corrected chi connectivity index (χ0v) is 8.73. The zero-order valence-electron chi connectivity index (χ0n) is 8.73. The fourth-order valence-corrected chi connectivity index (χ4v) is 1.93. The third kappa shape index (κ3) is 1.94. The van der Waals surface area contributed by atoms with Gasteiger partial charge in [-0.3, -0.25) is 4.79 Å². The number of Topliss-reactive ketones (excluding diaryl/α,β-unsaturated/α-hetero) is 1. The molecule has 0 saturated carbocycles. The highest BCUT2D eigenvalue weighted by Crippen LogP contribution is 2.28. The lowest BCUT2D eigenvalue weighted by atomic mass is 10.0. The van der Waals surface area contributed by atoms with Gasteiger partial charge in [-0.1, -0.05) is 37.3 Å². The van der Waals surface area contributed by atoms with Crippen LogP contribution in [0.2, 0.25) is 0 Å². The first-order valence-corrected chi connectivity index (χ1v) is 5.17. The van der Waals surface area contributed by atoms with Crippen molar-refractivity contribution in [3.8, 4) is 0 Å². The lowest BCUT2D eigenvalue weighted by molar-refractivity contribution is -0.117.